The van der Waals surface area contributed by atoms with Gasteiger partial charge in [-0.25, -0.2) is 8.78 Å². The van der Waals surface area contributed by atoms with Gasteiger partial charge in [0, 0.05) is 19.0 Å². The number of carbonyl (C=O) groups excluding carboxylic acids is 1. The van der Waals surface area contributed by atoms with Crippen LogP contribution in [0.1, 0.15) is 30.5 Å². The number of hydrogen-bond acceptors (Lipinski definition) is 2. The van der Waals surface area contributed by atoms with Crippen LogP contribution in [0, 0.1) is 11.6 Å². The van der Waals surface area contributed by atoms with Gasteiger partial charge < -0.3 is 9.64 Å². The van der Waals surface area contributed by atoms with Crippen molar-refractivity contribution in [1.29, 1.82) is 0 Å². The Morgan fingerprint density at radius 1 is 1.12 bits per heavy atom. The van der Waals surface area contributed by atoms with E-state index >= 15 is 0 Å². The molecule has 0 fully saturated rings. The van der Waals surface area contributed by atoms with Crippen molar-refractivity contribution in [3.05, 3.63) is 65.2 Å². The van der Waals surface area contributed by atoms with Crippen LogP contribution in [0.4, 0.5) is 17.6 Å². The molecule has 0 bridgehead atoms. The van der Waals surface area contributed by atoms with E-state index in [9.17, 15) is 22.4 Å². The lowest BCUT2D eigenvalue weighted by Gasteiger charge is -2.26. The minimum Gasteiger partial charge on any atom is -0.435 e. The van der Waals surface area contributed by atoms with E-state index in [4.69, 9.17) is 0 Å². The largest absolute Gasteiger partial charge is 0.435 e. The van der Waals surface area contributed by atoms with E-state index in [0.29, 0.717) is 6.42 Å². The molecule has 0 aliphatic rings. The molecule has 0 saturated carbocycles. The average Bonchev–Trinajstić information content (AvgIpc) is 2.61. The maximum atomic E-state index is 13.9. The second kappa shape index (κ2) is 8.69. The Labute approximate surface area is 149 Å². The first-order valence-electron chi connectivity index (χ1n) is 8.02. The second-order valence-electron chi connectivity index (χ2n) is 5.87. The molecule has 0 aliphatic heterocycles. The molecule has 1 atom stereocenters. The van der Waals surface area contributed by atoms with Crippen LogP contribution in [0.2, 0.25) is 0 Å². The number of benzene rings is 2. The SMILES string of the molecule is CC(c1cc(F)ccc1F)N(C)C(=O)CCc1ccc(OC(F)F)cc1. The summed E-state index contributed by atoms with van der Waals surface area (Å²) in [6.45, 7) is -1.27. The van der Waals surface area contributed by atoms with Crippen LogP contribution in [0.5, 0.6) is 5.75 Å². The van der Waals surface area contributed by atoms with Crippen molar-refractivity contribution in [2.75, 3.05) is 7.05 Å². The highest BCUT2D eigenvalue weighted by Gasteiger charge is 2.20. The summed E-state index contributed by atoms with van der Waals surface area (Å²) in [5.74, 6) is -1.34. The summed E-state index contributed by atoms with van der Waals surface area (Å²) in [7, 11) is 1.52. The Morgan fingerprint density at radius 3 is 2.38 bits per heavy atom. The molecule has 2 aromatic carbocycles. The summed E-state index contributed by atoms with van der Waals surface area (Å²) < 4.78 is 55.7. The van der Waals surface area contributed by atoms with Crippen LogP contribution < -0.4 is 4.74 Å². The molecule has 0 heterocycles. The highest BCUT2D eigenvalue weighted by Crippen LogP contribution is 2.24. The number of aryl methyl sites for hydroxylation is 1. The molecule has 1 unspecified atom stereocenters. The third-order valence-electron chi connectivity index (χ3n) is 4.16. The number of amides is 1. The fourth-order valence-electron chi connectivity index (χ4n) is 2.52. The molecular weight excluding hydrogens is 350 g/mol. The molecule has 140 valence electrons. The van der Waals surface area contributed by atoms with Crippen LogP contribution in [-0.2, 0) is 11.2 Å². The normalized spacial score (nSPS) is 12.1. The zero-order valence-electron chi connectivity index (χ0n) is 14.4. The number of rotatable bonds is 7. The molecule has 2 rings (SSSR count). The molecule has 0 saturated heterocycles. The third-order valence-corrected chi connectivity index (χ3v) is 4.16. The highest BCUT2D eigenvalue weighted by atomic mass is 19.3. The number of hydrogen-bond donors (Lipinski definition) is 0. The fourth-order valence-corrected chi connectivity index (χ4v) is 2.52. The predicted molar refractivity (Wildman–Crippen MR) is 88.9 cm³/mol. The Morgan fingerprint density at radius 2 is 1.77 bits per heavy atom. The summed E-state index contributed by atoms with van der Waals surface area (Å²) in [5.41, 5.74) is 0.882. The number of ether oxygens (including phenoxy) is 1. The lowest BCUT2D eigenvalue weighted by molar-refractivity contribution is -0.131. The Kier molecular flexibility index (Phi) is 6.60. The first-order valence-corrected chi connectivity index (χ1v) is 8.02. The lowest BCUT2D eigenvalue weighted by Crippen LogP contribution is -2.30. The van der Waals surface area contributed by atoms with Crippen LogP contribution in [0.15, 0.2) is 42.5 Å². The van der Waals surface area contributed by atoms with Gasteiger partial charge in [0.25, 0.3) is 0 Å². The van der Waals surface area contributed by atoms with Gasteiger partial charge in [-0.15, -0.1) is 0 Å². The van der Waals surface area contributed by atoms with Crippen LogP contribution in [-0.4, -0.2) is 24.5 Å². The minimum absolute atomic E-state index is 0.0439. The lowest BCUT2D eigenvalue weighted by atomic mass is 10.0. The maximum absolute atomic E-state index is 13.9. The third kappa shape index (κ3) is 5.21. The molecule has 0 aliphatic carbocycles. The smallest absolute Gasteiger partial charge is 0.387 e. The summed E-state index contributed by atoms with van der Waals surface area (Å²) in [5, 5.41) is 0. The van der Waals surface area contributed by atoms with Crippen LogP contribution in [0.25, 0.3) is 0 Å². The Balaban J connectivity index is 1.95. The topological polar surface area (TPSA) is 29.5 Å². The van der Waals surface area contributed by atoms with E-state index in [1.165, 1.54) is 24.1 Å². The zero-order chi connectivity index (χ0) is 19.3. The van der Waals surface area contributed by atoms with E-state index in [-0.39, 0.29) is 23.6 Å². The van der Waals surface area contributed by atoms with Gasteiger partial charge in [0.2, 0.25) is 5.91 Å². The summed E-state index contributed by atoms with van der Waals surface area (Å²) in [4.78, 5) is 13.7. The van der Waals surface area contributed by atoms with E-state index in [1.54, 1.807) is 19.1 Å². The van der Waals surface area contributed by atoms with Crippen LogP contribution >= 0.6 is 0 Å². The monoisotopic (exact) mass is 369 g/mol. The van der Waals surface area contributed by atoms with E-state index < -0.39 is 24.3 Å². The predicted octanol–water partition coefficient (Wildman–Crippen LogP) is 4.72. The first kappa shape index (κ1) is 19.8. The van der Waals surface area contributed by atoms with Crippen molar-refractivity contribution in [3.8, 4) is 5.75 Å². The van der Waals surface area contributed by atoms with E-state index in [2.05, 4.69) is 4.74 Å². The molecule has 0 radical (unpaired) electrons. The summed E-state index contributed by atoms with van der Waals surface area (Å²) >= 11 is 0. The molecule has 0 aromatic heterocycles. The molecule has 0 spiro atoms. The van der Waals surface area contributed by atoms with Gasteiger partial charge in [0.1, 0.15) is 17.4 Å². The molecule has 1 amide bonds. The summed E-state index contributed by atoms with van der Waals surface area (Å²) in [6, 6.07) is 8.50. The molecule has 26 heavy (non-hydrogen) atoms. The van der Waals surface area contributed by atoms with Crippen molar-refractivity contribution >= 4 is 5.91 Å². The second-order valence-corrected chi connectivity index (χ2v) is 5.87. The Bertz CT molecular complexity index is 750. The van der Waals surface area contributed by atoms with Crippen LogP contribution in [0.3, 0.4) is 0 Å². The van der Waals surface area contributed by atoms with Gasteiger partial charge in [0.15, 0.2) is 0 Å². The first-order chi connectivity index (χ1) is 12.3. The van der Waals surface area contributed by atoms with Gasteiger partial charge in [-0.2, -0.15) is 8.78 Å². The number of carbonyl (C=O) groups is 1. The van der Waals surface area contributed by atoms with E-state index in [1.807, 2.05) is 0 Å². The van der Waals surface area contributed by atoms with Gasteiger partial charge >= 0.3 is 6.61 Å². The van der Waals surface area contributed by atoms with Crippen molar-refractivity contribution in [2.24, 2.45) is 0 Å². The molecular formula is C19H19F4NO2. The number of halogens is 4. The maximum Gasteiger partial charge on any atom is 0.387 e. The quantitative estimate of drug-likeness (QED) is 0.661. The fraction of sp³-hybridized carbons (Fsp3) is 0.316. The van der Waals surface area contributed by atoms with Crippen molar-refractivity contribution in [2.45, 2.75) is 32.4 Å². The number of nitrogens with zero attached hydrogens (tertiary/aromatic N) is 1. The molecule has 3 nitrogen and oxygen atoms in total. The molecule has 0 N–H and O–H groups in total. The zero-order valence-corrected chi connectivity index (χ0v) is 14.4. The molecule has 2 aromatic rings. The number of alkyl halides is 2. The van der Waals surface area contributed by atoms with Gasteiger partial charge in [-0.05, 0) is 49.2 Å². The average molecular weight is 369 g/mol. The standard InChI is InChI=1S/C19H19F4NO2/c1-12(16-11-14(20)6-9-17(16)21)24(2)18(25)10-5-13-3-7-15(8-4-13)26-19(22)23/h3-4,6-9,11-12,19H,5,10H2,1-2H3. The van der Waals surface area contributed by atoms with Crippen molar-refractivity contribution in [1.82, 2.24) is 4.90 Å². The minimum atomic E-state index is -2.89. The van der Waals surface area contributed by atoms with Gasteiger partial charge in [-0.1, -0.05) is 12.1 Å². The van der Waals surface area contributed by atoms with Crippen molar-refractivity contribution < 1.29 is 27.1 Å². The van der Waals surface area contributed by atoms with E-state index in [0.717, 1.165) is 23.8 Å². The molecule has 7 heteroatoms. The van der Waals surface area contributed by atoms with Crippen molar-refractivity contribution in [3.63, 3.8) is 0 Å². The Hall–Kier alpha value is -2.57. The van der Waals surface area contributed by atoms with Gasteiger partial charge in [0.05, 0.1) is 6.04 Å². The highest BCUT2D eigenvalue weighted by molar-refractivity contribution is 5.76. The summed E-state index contributed by atoms with van der Waals surface area (Å²) in [6.07, 6.45) is 0.531. The van der Waals surface area contributed by atoms with Gasteiger partial charge in [-0.3, -0.25) is 4.79 Å².